The quantitative estimate of drug-likeness (QED) is 0.630. The number of ether oxygens (including phenoxy) is 1. The van der Waals surface area contributed by atoms with Gasteiger partial charge in [0.2, 0.25) is 5.91 Å². The maximum Gasteiger partial charge on any atom is 0.224 e. The number of anilines is 1. The third kappa shape index (κ3) is 5.30. The molecule has 2 aliphatic heterocycles. The van der Waals surface area contributed by atoms with Crippen LogP contribution in [0.25, 0.3) is 6.08 Å². The molecule has 31 heavy (non-hydrogen) atoms. The molecular formula is C27H34N2O2. The Hall–Kier alpha value is -2.75. The minimum Gasteiger partial charge on any atom is -0.493 e. The highest BCUT2D eigenvalue weighted by molar-refractivity contribution is 5.78. The van der Waals surface area contributed by atoms with Crippen LogP contribution in [0.1, 0.15) is 61.6 Å². The van der Waals surface area contributed by atoms with Crippen molar-refractivity contribution in [2.75, 3.05) is 31.1 Å². The van der Waals surface area contributed by atoms with Crippen LogP contribution in [-0.4, -0.2) is 32.1 Å². The van der Waals surface area contributed by atoms with E-state index in [1.54, 1.807) is 0 Å². The Labute approximate surface area is 186 Å². The van der Waals surface area contributed by atoms with Gasteiger partial charge in [0.1, 0.15) is 5.75 Å². The lowest BCUT2D eigenvalue weighted by Crippen LogP contribution is -2.29. The summed E-state index contributed by atoms with van der Waals surface area (Å²) in [6.45, 7) is 5.87. The molecule has 0 fully saturated rings. The van der Waals surface area contributed by atoms with Crippen LogP contribution in [0, 0.1) is 0 Å². The zero-order valence-electron chi connectivity index (χ0n) is 18.6. The van der Waals surface area contributed by atoms with Gasteiger partial charge >= 0.3 is 0 Å². The highest BCUT2D eigenvalue weighted by Crippen LogP contribution is 2.43. The number of unbranched alkanes of at least 4 members (excludes halogenated alkanes) is 1. The molecule has 2 heterocycles. The van der Waals surface area contributed by atoms with Gasteiger partial charge in [-0.3, -0.25) is 4.79 Å². The van der Waals surface area contributed by atoms with Crippen molar-refractivity contribution >= 4 is 17.7 Å². The van der Waals surface area contributed by atoms with E-state index in [4.69, 9.17) is 4.74 Å². The van der Waals surface area contributed by atoms with Crippen molar-refractivity contribution in [2.24, 2.45) is 0 Å². The summed E-state index contributed by atoms with van der Waals surface area (Å²) in [5, 5.41) is 3.13. The lowest BCUT2D eigenvalue weighted by atomic mass is 9.85. The van der Waals surface area contributed by atoms with Crippen molar-refractivity contribution in [3.8, 4) is 5.75 Å². The Kier molecular flexibility index (Phi) is 7.29. The molecule has 1 amide bonds. The lowest BCUT2D eigenvalue weighted by Gasteiger charge is -2.32. The summed E-state index contributed by atoms with van der Waals surface area (Å²) in [5.41, 5.74) is 5.05. The Morgan fingerprint density at radius 1 is 1.19 bits per heavy atom. The van der Waals surface area contributed by atoms with Gasteiger partial charge in [0.25, 0.3) is 0 Å². The molecule has 0 saturated heterocycles. The summed E-state index contributed by atoms with van der Waals surface area (Å²) in [6.07, 6.45) is 10.5. The van der Waals surface area contributed by atoms with E-state index in [9.17, 15) is 4.79 Å². The van der Waals surface area contributed by atoms with Crippen LogP contribution in [-0.2, 0) is 11.2 Å². The fourth-order valence-electron chi connectivity index (χ4n) is 4.71. The van der Waals surface area contributed by atoms with Crippen LogP contribution in [0.4, 0.5) is 5.69 Å². The van der Waals surface area contributed by atoms with E-state index in [1.165, 1.54) is 29.7 Å². The number of carbonyl (C=O) groups is 1. The lowest BCUT2D eigenvalue weighted by molar-refractivity contribution is -0.120. The van der Waals surface area contributed by atoms with Gasteiger partial charge in [-0.05, 0) is 49.3 Å². The van der Waals surface area contributed by atoms with Crippen LogP contribution < -0.4 is 15.0 Å². The Morgan fingerprint density at radius 3 is 2.90 bits per heavy atom. The molecule has 4 nitrogen and oxygen atoms in total. The van der Waals surface area contributed by atoms with Crippen molar-refractivity contribution in [2.45, 2.75) is 51.4 Å². The van der Waals surface area contributed by atoms with Gasteiger partial charge in [-0.2, -0.15) is 0 Å². The zero-order chi connectivity index (χ0) is 21.5. The molecule has 0 aromatic heterocycles. The number of fused-ring (bicyclic) bond motifs is 3. The highest BCUT2D eigenvalue weighted by atomic mass is 16.5. The fourth-order valence-corrected chi connectivity index (χ4v) is 4.71. The molecule has 1 unspecified atom stereocenters. The maximum atomic E-state index is 12.4. The molecule has 4 rings (SSSR count). The first-order valence-corrected chi connectivity index (χ1v) is 11.8. The van der Waals surface area contributed by atoms with E-state index in [2.05, 4.69) is 41.4 Å². The number of hydrogen-bond acceptors (Lipinski definition) is 3. The van der Waals surface area contributed by atoms with Crippen LogP contribution in [0.2, 0.25) is 0 Å². The third-order valence-corrected chi connectivity index (χ3v) is 6.35. The summed E-state index contributed by atoms with van der Waals surface area (Å²) < 4.78 is 6.04. The van der Waals surface area contributed by atoms with Crippen LogP contribution in [0.5, 0.6) is 5.75 Å². The van der Waals surface area contributed by atoms with Crippen LogP contribution in [0.3, 0.4) is 0 Å². The molecule has 2 aromatic carbocycles. The first-order chi connectivity index (χ1) is 15.3. The molecule has 0 radical (unpaired) electrons. The fraction of sp³-hybridized carbons (Fsp3) is 0.444. The predicted molar refractivity (Wildman–Crippen MR) is 128 cm³/mol. The topological polar surface area (TPSA) is 41.6 Å². The summed E-state index contributed by atoms with van der Waals surface area (Å²) in [4.78, 5) is 14.9. The standard InChI is InChI=1S/C27H34N2O2/c1-2-3-17-29-18-8-7-11-23-24(29)12-13-25-27(23)22(15-19-31-25)14-16-28-26(30)20-21-9-5-4-6-10-21/h4-7,9-13,22H,2-3,8,14-20H2,1H3,(H,28,30). The molecule has 2 aromatic rings. The number of amides is 1. The van der Waals surface area contributed by atoms with Gasteiger partial charge in [-0.25, -0.2) is 0 Å². The van der Waals surface area contributed by atoms with Crippen molar-refractivity contribution in [1.82, 2.24) is 5.32 Å². The van der Waals surface area contributed by atoms with Crippen molar-refractivity contribution in [3.63, 3.8) is 0 Å². The number of benzene rings is 2. The molecule has 1 atom stereocenters. The first kappa shape index (κ1) is 21.5. The van der Waals surface area contributed by atoms with E-state index in [0.29, 0.717) is 18.9 Å². The number of nitrogens with zero attached hydrogens (tertiary/aromatic N) is 1. The normalized spacial score (nSPS) is 17.3. The number of rotatable bonds is 8. The van der Waals surface area contributed by atoms with E-state index in [0.717, 1.165) is 50.3 Å². The monoisotopic (exact) mass is 418 g/mol. The van der Waals surface area contributed by atoms with Crippen LogP contribution in [0.15, 0.2) is 48.5 Å². The smallest absolute Gasteiger partial charge is 0.224 e. The minimum absolute atomic E-state index is 0.0935. The number of hydrogen-bond donors (Lipinski definition) is 1. The maximum absolute atomic E-state index is 12.4. The summed E-state index contributed by atoms with van der Waals surface area (Å²) in [7, 11) is 0. The average molecular weight is 419 g/mol. The third-order valence-electron chi connectivity index (χ3n) is 6.35. The Bertz CT molecular complexity index is 907. The molecular weight excluding hydrogens is 384 g/mol. The second kappa shape index (κ2) is 10.5. The number of carbonyl (C=O) groups excluding carboxylic acids is 1. The second-order valence-corrected chi connectivity index (χ2v) is 8.58. The molecule has 0 aliphatic carbocycles. The van der Waals surface area contributed by atoms with Crippen molar-refractivity contribution in [3.05, 3.63) is 65.2 Å². The van der Waals surface area contributed by atoms with Crippen molar-refractivity contribution < 1.29 is 9.53 Å². The molecule has 0 spiro atoms. The predicted octanol–water partition coefficient (Wildman–Crippen LogP) is 5.33. The van der Waals surface area contributed by atoms with E-state index < -0.39 is 0 Å². The average Bonchev–Trinajstić information content (AvgIpc) is 3.00. The Balaban J connectivity index is 1.46. The summed E-state index contributed by atoms with van der Waals surface area (Å²) >= 11 is 0. The van der Waals surface area contributed by atoms with Gasteiger partial charge < -0.3 is 15.0 Å². The second-order valence-electron chi connectivity index (χ2n) is 8.58. The largest absolute Gasteiger partial charge is 0.493 e. The van der Waals surface area contributed by atoms with Crippen LogP contribution >= 0.6 is 0 Å². The molecule has 4 heteroatoms. The summed E-state index contributed by atoms with van der Waals surface area (Å²) in [6, 6.07) is 14.3. The highest BCUT2D eigenvalue weighted by Gasteiger charge is 2.27. The van der Waals surface area contributed by atoms with Crippen molar-refractivity contribution in [1.29, 1.82) is 0 Å². The van der Waals surface area contributed by atoms with Gasteiger partial charge in [0, 0.05) is 36.4 Å². The minimum atomic E-state index is 0.0935. The van der Waals surface area contributed by atoms with Gasteiger partial charge in [0.05, 0.1) is 13.0 Å². The van der Waals surface area contributed by atoms with Gasteiger partial charge in [0.15, 0.2) is 0 Å². The summed E-state index contributed by atoms with van der Waals surface area (Å²) in [5.74, 6) is 1.52. The molecule has 164 valence electrons. The van der Waals surface area contributed by atoms with Gasteiger partial charge in [-0.1, -0.05) is 55.8 Å². The SMILES string of the molecule is CCCCN1CCC=Cc2c1ccc1c2C(CCNC(=O)Cc2ccccc2)CCO1. The molecule has 0 bridgehead atoms. The van der Waals surface area contributed by atoms with E-state index >= 15 is 0 Å². The van der Waals surface area contributed by atoms with E-state index in [-0.39, 0.29) is 5.91 Å². The van der Waals surface area contributed by atoms with E-state index in [1.807, 2.05) is 30.3 Å². The Morgan fingerprint density at radius 2 is 2.06 bits per heavy atom. The van der Waals surface area contributed by atoms with Gasteiger partial charge in [-0.15, -0.1) is 0 Å². The molecule has 0 saturated carbocycles. The first-order valence-electron chi connectivity index (χ1n) is 11.8. The zero-order valence-corrected chi connectivity index (χ0v) is 18.6. The molecule has 2 aliphatic rings. The number of nitrogens with one attached hydrogen (secondary N) is 1. The molecule has 1 N–H and O–H groups in total.